The van der Waals surface area contributed by atoms with E-state index in [4.69, 9.17) is 10.5 Å². The molecule has 17 heavy (non-hydrogen) atoms. The first-order valence-electron chi connectivity index (χ1n) is 5.78. The first-order chi connectivity index (χ1) is 8.11. The molecule has 2 N–H and O–H groups in total. The minimum Gasteiger partial charge on any atom is -0.370 e. The minimum atomic E-state index is -0.274. The minimum absolute atomic E-state index is 0.274. The van der Waals surface area contributed by atoms with Crippen molar-refractivity contribution in [3.05, 3.63) is 42.1 Å². The van der Waals surface area contributed by atoms with E-state index in [2.05, 4.69) is 17.1 Å². The lowest BCUT2D eigenvalue weighted by Crippen LogP contribution is -2.33. The lowest BCUT2D eigenvalue weighted by Gasteiger charge is -2.23. The van der Waals surface area contributed by atoms with Gasteiger partial charge in [0, 0.05) is 18.1 Å². The molecule has 1 aromatic carbocycles. The normalized spacial score (nSPS) is 11.9. The van der Waals surface area contributed by atoms with Crippen molar-refractivity contribution in [3.8, 4) is 0 Å². The number of nitrogens with zero attached hydrogens (tertiary/aromatic N) is 1. The molecule has 0 radical (unpaired) electrons. The van der Waals surface area contributed by atoms with Gasteiger partial charge in [-0.05, 0) is 37.6 Å². The number of nitrogens with two attached hydrogens (primary N) is 1. The molecule has 3 heteroatoms. The molecule has 2 rings (SSSR count). The van der Waals surface area contributed by atoms with Crippen LogP contribution in [0.3, 0.4) is 0 Å². The Kier molecular flexibility index (Phi) is 3.41. The number of ether oxygens (including phenoxy) is 1. The molecule has 0 saturated heterocycles. The van der Waals surface area contributed by atoms with Gasteiger partial charge in [0.15, 0.2) is 0 Å². The van der Waals surface area contributed by atoms with Gasteiger partial charge >= 0.3 is 0 Å². The molecule has 3 nitrogen and oxygen atoms in total. The van der Waals surface area contributed by atoms with Crippen molar-refractivity contribution in [3.63, 3.8) is 0 Å². The summed E-state index contributed by atoms with van der Waals surface area (Å²) in [5, 5.41) is 1.14. The third-order valence-corrected chi connectivity index (χ3v) is 2.79. The summed E-state index contributed by atoms with van der Waals surface area (Å²) in [6, 6.07) is 10.2. The second-order valence-electron chi connectivity index (χ2n) is 4.78. The van der Waals surface area contributed by atoms with E-state index in [-0.39, 0.29) is 5.60 Å². The zero-order chi connectivity index (χ0) is 12.3. The van der Waals surface area contributed by atoms with E-state index in [1.165, 1.54) is 0 Å². The van der Waals surface area contributed by atoms with Crippen LogP contribution in [0, 0.1) is 0 Å². The molecule has 0 saturated carbocycles. The van der Waals surface area contributed by atoms with Crippen molar-refractivity contribution in [1.82, 2.24) is 4.98 Å². The molecule has 0 bridgehead atoms. The molecule has 0 fully saturated rings. The molecular weight excluding hydrogens is 212 g/mol. The van der Waals surface area contributed by atoms with Crippen LogP contribution < -0.4 is 5.73 Å². The van der Waals surface area contributed by atoms with Gasteiger partial charge in [-0.1, -0.05) is 12.1 Å². The number of fused-ring (bicyclic) bond motifs is 1. The smallest absolute Gasteiger partial charge is 0.0752 e. The van der Waals surface area contributed by atoms with Crippen LogP contribution in [0.1, 0.15) is 19.4 Å². The van der Waals surface area contributed by atoms with Crippen LogP contribution in [0.25, 0.3) is 10.9 Å². The van der Waals surface area contributed by atoms with E-state index in [0.29, 0.717) is 13.2 Å². The fourth-order valence-corrected chi connectivity index (χ4v) is 1.55. The summed E-state index contributed by atoms with van der Waals surface area (Å²) >= 11 is 0. The Morgan fingerprint density at radius 2 is 2.12 bits per heavy atom. The highest BCUT2D eigenvalue weighted by molar-refractivity contribution is 5.78. The standard InChI is InChI=1S/C14H18N2O/c1-14(2,10-15)17-9-11-5-6-13-12(8-11)4-3-7-16-13/h3-8H,9-10,15H2,1-2H3. The Morgan fingerprint density at radius 1 is 1.29 bits per heavy atom. The Morgan fingerprint density at radius 3 is 2.88 bits per heavy atom. The second-order valence-corrected chi connectivity index (χ2v) is 4.78. The molecule has 0 aliphatic rings. The number of pyridine rings is 1. The summed E-state index contributed by atoms with van der Waals surface area (Å²) in [5.74, 6) is 0. The third kappa shape index (κ3) is 3.02. The molecule has 90 valence electrons. The maximum absolute atomic E-state index is 5.77. The van der Waals surface area contributed by atoms with Crippen molar-refractivity contribution in [2.24, 2.45) is 5.73 Å². The summed E-state index contributed by atoms with van der Waals surface area (Å²) in [4.78, 5) is 4.29. The molecule has 0 aliphatic heterocycles. The molecule has 0 atom stereocenters. The number of benzene rings is 1. The highest BCUT2D eigenvalue weighted by Crippen LogP contribution is 2.16. The van der Waals surface area contributed by atoms with Gasteiger partial charge in [-0.25, -0.2) is 0 Å². The molecule has 1 aromatic heterocycles. The summed E-state index contributed by atoms with van der Waals surface area (Å²) in [6.45, 7) is 5.09. The average molecular weight is 230 g/mol. The van der Waals surface area contributed by atoms with E-state index in [9.17, 15) is 0 Å². The van der Waals surface area contributed by atoms with Gasteiger partial charge in [0.05, 0.1) is 17.7 Å². The molecule has 0 unspecified atom stereocenters. The first kappa shape index (κ1) is 12.0. The number of hydrogen-bond donors (Lipinski definition) is 1. The molecule has 2 aromatic rings. The zero-order valence-corrected chi connectivity index (χ0v) is 10.3. The van der Waals surface area contributed by atoms with Crippen LogP contribution >= 0.6 is 0 Å². The Balaban J connectivity index is 2.14. The number of rotatable bonds is 4. The fourth-order valence-electron chi connectivity index (χ4n) is 1.55. The number of hydrogen-bond acceptors (Lipinski definition) is 3. The summed E-state index contributed by atoms with van der Waals surface area (Å²) < 4.78 is 5.77. The van der Waals surface area contributed by atoms with E-state index >= 15 is 0 Å². The van der Waals surface area contributed by atoms with Crippen LogP contribution in [-0.4, -0.2) is 17.1 Å². The lowest BCUT2D eigenvalue weighted by atomic mass is 10.1. The Bertz CT molecular complexity index is 508. The third-order valence-electron chi connectivity index (χ3n) is 2.79. The SMILES string of the molecule is CC(C)(CN)OCc1ccc2ncccc2c1. The number of aromatic nitrogens is 1. The lowest BCUT2D eigenvalue weighted by molar-refractivity contribution is -0.0221. The monoisotopic (exact) mass is 230 g/mol. The predicted molar refractivity (Wildman–Crippen MR) is 69.7 cm³/mol. The van der Waals surface area contributed by atoms with E-state index in [0.717, 1.165) is 16.5 Å². The van der Waals surface area contributed by atoms with Gasteiger partial charge in [0.2, 0.25) is 0 Å². The summed E-state index contributed by atoms with van der Waals surface area (Å²) in [6.07, 6.45) is 1.80. The fraction of sp³-hybridized carbons (Fsp3) is 0.357. The maximum atomic E-state index is 5.77. The molecule has 0 spiro atoms. The molecule has 0 amide bonds. The molecule has 1 heterocycles. The van der Waals surface area contributed by atoms with Crippen molar-refractivity contribution in [1.29, 1.82) is 0 Å². The quantitative estimate of drug-likeness (QED) is 0.877. The van der Waals surface area contributed by atoms with E-state index in [1.54, 1.807) is 6.20 Å². The zero-order valence-electron chi connectivity index (χ0n) is 10.3. The van der Waals surface area contributed by atoms with Crippen LogP contribution in [0.5, 0.6) is 0 Å². The largest absolute Gasteiger partial charge is 0.370 e. The van der Waals surface area contributed by atoms with Gasteiger partial charge in [0.25, 0.3) is 0 Å². The molecule has 0 aliphatic carbocycles. The van der Waals surface area contributed by atoms with Gasteiger partial charge in [-0.2, -0.15) is 0 Å². The van der Waals surface area contributed by atoms with Gasteiger partial charge < -0.3 is 10.5 Å². The van der Waals surface area contributed by atoms with E-state index in [1.807, 2.05) is 32.0 Å². The van der Waals surface area contributed by atoms with Crippen molar-refractivity contribution in [2.45, 2.75) is 26.1 Å². The Labute approximate surface area is 102 Å². The van der Waals surface area contributed by atoms with E-state index < -0.39 is 0 Å². The highest BCUT2D eigenvalue weighted by atomic mass is 16.5. The second kappa shape index (κ2) is 4.82. The van der Waals surface area contributed by atoms with Gasteiger partial charge in [0.1, 0.15) is 0 Å². The topological polar surface area (TPSA) is 48.1 Å². The van der Waals surface area contributed by atoms with Crippen LogP contribution in [0.2, 0.25) is 0 Å². The van der Waals surface area contributed by atoms with Crippen LogP contribution in [-0.2, 0) is 11.3 Å². The van der Waals surface area contributed by atoms with Gasteiger partial charge in [-0.3, -0.25) is 4.98 Å². The average Bonchev–Trinajstić information content (AvgIpc) is 2.36. The first-order valence-corrected chi connectivity index (χ1v) is 5.78. The molecular formula is C14H18N2O. The van der Waals surface area contributed by atoms with Gasteiger partial charge in [-0.15, -0.1) is 0 Å². The van der Waals surface area contributed by atoms with Crippen molar-refractivity contribution >= 4 is 10.9 Å². The van der Waals surface area contributed by atoms with Crippen molar-refractivity contribution in [2.75, 3.05) is 6.54 Å². The van der Waals surface area contributed by atoms with Crippen molar-refractivity contribution < 1.29 is 4.74 Å². The predicted octanol–water partition coefficient (Wildman–Crippen LogP) is 2.49. The highest BCUT2D eigenvalue weighted by Gasteiger charge is 2.15. The summed E-state index contributed by atoms with van der Waals surface area (Å²) in [5.41, 5.74) is 7.51. The Hall–Kier alpha value is -1.45. The van der Waals surface area contributed by atoms with Crippen LogP contribution in [0.15, 0.2) is 36.5 Å². The summed E-state index contributed by atoms with van der Waals surface area (Å²) in [7, 11) is 0. The van der Waals surface area contributed by atoms with Crippen LogP contribution in [0.4, 0.5) is 0 Å². The maximum Gasteiger partial charge on any atom is 0.0752 e.